The van der Waals surface area contributed by atoms with Gasteiger partial charge in [-0.05, 0) is 37.1 Å². The fraction of sp³-hybridized carbons (Fsp3) is 0.524. The van der Waals surface area contributed by atoms with Gasteiger partial charge in [0.25, 0.3) is 0 Å². The van der Waals surface area contributed by atoms with E-state index in [4.69, 9.17) is 4.74 Å². The van der Waals surface area contributed by atoms with E-state index in [1.165, 1.54) is 16.8 Å². The fourth-order valence-corrected chi connectivity index (χ4v) is 4.03. The molecular weight excluding hydrogens is 374 g/mol. The highest BCUT2D eigenvalue weighted by molar-refractivity contribution is 6.05. The van der Waals surface area contributed by atoms with E-state index < -0.39 is 0 Å². The second-order valence-electron chi connectivity index (χ2n) is 7.60. The first-order chi connectivity index (χ1) is 13.9. The predicted octanol–water partition coefficient (Wildman–Crippen LogP) is 1.66. The molecule has 1 aliphatic heterocycles. The largest absolute Gasteiger partial charge is 0.497 e. The normalized spacial score (nSPS) is 21.0. The highest BCUT2D eigenvalue weighted by Crippen LogP contribution is 2.37. The van der Waals surface area contributed by atoms with Crippen LogP contribution in [0.4, 0.5) is 5.69 Å². The fourth-order valence-electron chi connectivity index (χ4n) is 4.03. The minimum absolute atomic E-state index is 0.0171. The Morgan fingerprint density at radius 1 is 1.10 bits per heavy atom. The number of nitrogens with one attached hydrogen (secondary N) is 1. The zero-order valence-corrected chi connectivity index (χ0v) is 16.8. The highest BCUT2D eigenvalue weighted by Gasteiger charge is 2.47. The molecular formula is C21H27N3O5. The summed E-state index contributed by atoms with van der Waals surface area (Å²) in [5.41, 5.74) is 0.604. The van der Waals surface area contributed by atoms with Gasteiger partial charge in [0, 0.05) is 25.7 Å². The molecule has 2 aliphatic rings. The SMILES string of the molecule is COc1ccc(NC(=O)CN(C)C(=O)CCN2C(=O)[C@H]3CCCC[C@H]3C2=O)cc1. The summed E-state index contributed by atoms with van der Waals surface area (Å²) in [5, 5.41) is 2.72. The van der Waals surface area contributed by atoms with E-state index in [1.807, 2.05) is 0 Å². The van der Waals surface area contributed by atoms with Crippen molar-refractivity contribution in [3.8, 4) is 5.75 Å². The molecule has 29 heavy (non-hydrogen) atoms. The van der Waals surface area contributed by atoms with E-state index in [1.54, 1.807) is 31.4 Å². The van der Waals surface area contributed by atoms with Crippen LogP contribution in [0, 0.1) is 11.8 Å². The molecule has 1 aromatic rings. The van der Waals surface area contributed by atoms with Crippen molar-refractivity contribution in [2.75, 3.05) is 32.6 Å². The Morgan fingerprint density at radius 3 is 2.24 bits per heavy atom. The number of hydrogen-bond donors (Lipinski definition) is 1. The molecule has 0 aromatic heterocycles. The number of carbonyl (C=O) groups excluding carboxylic acids is 4. The van der Waals surface area contributed by atoms with Crippen molar-refractivity contribution in [2.45, 2.75) is 32.1 Å². The number of nitrogens with zero attached hydrogens (tertiary/aromatic N) is 2. The summed E-state index contributed by atoms with van der Waals surface area (Å²) in [5.74, 6) is -0.643. The number of rotatable bonds is 7. The summed E-state index contributed by atoms with van der Waals surface area (Å²) in [6.07, 6.45) is 3.47. The number of anilines is 1. The molecule has 1 aliphatic carbocycles. The van der Waals surface area contributed by atoms with Crippen molar-refractivity contribution < 1.29 is 23.9 Å². The van der Waals surface area contributed by atoms with Crippen LogP contribution in [0.15, 0.2) is 24.3 Å². The summed E-state index contributed by atoms with van der Waals surface area (Å²) >= 11 is 0. The van der Waals surface area contributed by atoms with Crippen LogP contribution in [0.3, 0.4) is 0 Å². The Bertz CT molecular complexity index is 768. The molecule has 1 heterocycles. The number of ether oxygens (including phenoxy) is 1. The van der Waals surface area contributed by atoms with Gasteiger partial charge in [0.05, 0.1) is 25.5 Å². The summed E-state index contributed by atoms with van der Waals surface area (Å²) in [7, 11) is 3.09. The first-order valence-corrected chi connectivity index (χ1v) is 9.94. The molecule has 2 atom stereocenters. The van der Waals surface area contributed by atoms with Gasteiger partial charge in [-0.2, -0.15) is 0 Å². The van der Waals surface area contributed by atoms with Crippen LogP contribution in [0.1, 0.15) is 32.1 Å². The first-order valence-electron chi connectivity index (χ1n) is 9.94. The second-order valence-corrected chi connectivity index (χ2v) is 7.60. The smallest absolute Gasteiger partial charge is 0.243 e. The molecule has 1 N–H and O–H groups in total. The van der Waals surface area contributed by atoms with Gasteiger partial charge in [0.2, 0.25) is 23.6 Å². The van der Waals surface area contributed by atoms with Crippen LogP contribution in [-0.2, 0) is 19.2 Å². The number of fused-ring (bicyclic) bond motifs is 1. The van der Waals surface area contributed by atoms with Gasteiger partial charge in [-0.1, -0.05) is 12.8 Å². The molecule has 0 spiro atoms. The summed E-state index contributed by atoms with van der Waals surface area (Å²) in [6, 6.07) is 6.88. The molecule has 0 radical (unpaired) electrons. The number of imide groups is 1. The molecule has 2 fully saturated rings. The lowest BCUT2D eigenvalue weighted by Crippen LogP contribution is -2.38. The van der Waals surface area contributed by atoms with Crippen LogP contribution in [0.25, 0.3) is 0 Å². The number of benzene rings is 1. The van der Waals surface area contributed by atoms with Crippen LogP contribution in [-0.4, -0.2) is 60.7 Å². The maximum absolute atomic E-state index is 12.5. The van der Waals surface area contributed by atoms with Crippen molar-refractivity contribution in [1.82, 2.24) is 9.80 Å². The standard InChI is InChI=1S/C21H27N3O5/c1-23(13-18(25)22-14-7-9-15(29-2)10-8-14)19(26)11-12-24-20(27)16-5-3-4-6-17(16)21(24)28/h7-10,16-17H,3-6,11-13H2,1-2H3,(H,22,25)/t16-,17+. The Labute approximate surface area is 170 Å². The molecule has 1 saturated carbocycles. The predicted molar refractivity (Wildman–Crippen MR) is 106 cm³/mol. The monoisotopic (exact) mass is 401 g/mol. The maximum atomic E-state index is 12.5. The number of likely N-dealkylation sites (tertiary alicyclic amines) is 1. The van der Waals surface area contributed by atoms with Gasteiger partial charge in [0.1, 0.15) is 5.75 Å². The van der Waals surface area contributed by atoms with E-state index in [9.17, 15) is 19.2 Å². The quantitative estimate of drug-likeness (QED) is 0.701. The molecule has 8 nitrogen and oxygen atoms in total. The second kappa shape index (κ2) is 9.07. The minimum Gasteiger partial charge on any atom is -0.497 e. The van der Waals surface area contributed by atoms with Gasteiger partial charge in [0.15, 0.2) is 0 Å². The number of methoxy groups -OCH3 is 1. The van der Waals surface area contributed by atoms with Crippen molar-refractivity contribution in [2.24, 2.45) is 11.8 Å². The van der Waals surface area contributed by atoms with E-state index in [2.05, 4.69) is 5.32 Å². The number of hydrogen-bond acceptors (Lipinski definition) is 5. The third-order valence-corrected chi connectivity index (χ3v) is 5.66. The zero-order valence-electron chi connectivity index (χ0n) is 16.8. The average molecular weight is 401 g/mol. The summed E-state index contributed by atoms with van der Waals surface area (Å²) < 4.78 is 5.07. The van der Waals surface area contributed by atoms with Crippen LogP contribution in [0.2, 0.25) is 0 Å². The Morgan fingerprint density at radius 2 is 1.69 bits per heavy atom. The maximum Gasteiger partial charge on any atom is 0.243 e. The van der Waals surface area contributed by atoms with Gasteiger partial charge in [-0.3, -0.25) is 24.1 Å². The molecule has 0 unspecified atom stereocenters. The number of amides is 4. The minimum atomic E-state index is -0.328. The van der Waals surface area contributed by atoms with Crippen molar-refractivity contribution >= 4 is 29.3 Å². The van der Waals surface area contributed by atoms with E-state index in [-0.39, 0.29) is 55.0 Å². The van der Waals surface area contributed by atoms with E-state index in [0.717, 1.165) is 25.7 Å². The molecule has 8 heteroatoms. The Balaban J connectivity index is 1.47. The number of likely N-dealkylation sites (N-methyl/N-ethyl adjacent to an activating group) is 1. The Kier molecular flexibility index (Phi) is 6.51. The van der Waals surface area contributed by atoms with Gasteiger partial charge < -0.3 is 15.0 Å². The van der Waals surface area contributed by atoms with Crippen molar-refractivity contribution in [3.05, 3.63) is 24.3 Å². The van der Waals surface area contributed by atoms with Crippen LogP contribution in [0.5, 0.6) is 5.75 Å². The zero-order chi connectivity index (χ0) is 21.0. The summed E-state index contributed by atoms with van der Waals surface area (Å²) in [6.45, 7) is -0.0358. The molecule has 156 valence electrons. The van der Waals surface area contributed by atoms with E-state index >= 15 is 0 Å². The molecule has 1 saturated heterocycles. The van der Waals surface area contributed by atoms with Gasteiger partial charge >= 0.3 is 0 Å². The van der Waals surface area contributed by atoms with Crippen molar-refractivity contribution in [1.29, 1.82) is 0 Å². The third kappa shape index (κ3) is 4.75. The summed E-state index contributed by atoms with van der Waals surface area (Å²) in [4.78, 5) is 52.0. The molecule has 1 aromatic carbocycles. The van der Waals surface area contributed by atoms with Crippen LogP contribution < -0.4 is 10.1 Å². The third-order valence-electron chi connectivity index (χ3n) is 5.66. The van der Waals surface area contributed by atoms with E-state index in [0.29, 0.717) is 11.4 Å². The topological polar surface area (TPSA) is 96.0 Å². The van der Waals surface area contributed by atoms with Crippen molar-refractivity contribution in [3.63, 3.8) is 0 Å². The van der Waals surface area contributed by atoms with Gasteiger partial charge in [-0.15, -0.1) is 0 Å². The lowest BCUT2D eigenvalue weighted by molar-refractivity contribution is -0.141. The lowest BCUT2D eigenvalue weighted by atomic mass is 9.81. The number of carbonyl (C=O) groups is 4. The van der Waals surface area contributed by atoms with Crippen LogP contribution >= 0.6 is 0 Å². The molecule has 0 bridgehead atoms. The van der Waals surface area contributed by atoms with Gasteiger partial charge in [-0.25, -0.2) is 0 Å². The lowest BCUT2D eigenvalue weighted by Gasteiger charge is -2.19. The average Bonchev–Trinajstić information content (AvgIpc) is 2.97. The first kappa shape index (κ1) is 20.8. The molecule has 4 amide bonds. The highest BCUT2D eigenvalue weighted by atomic mass is 16.5. The Hall–Kier alpha value is -2.90. The molecule has 3 rings (SSSR count).